The monoisotopic (exact) mass is 386 g/mol. The van der Waals surface area contributed by atoms with Gasteiger partial charge in [-0.3, -0.25) is 9.59 Å². The zero-order chi connectivity index (χ0) is 18.4. The Labute approximate surface area is 158 Å². The number of nitrogens with zero attached hydrogens (tertiary/aromatic N) is 2. The van der Waals surface area contributed by atoms with Gasteiger partial charge in [0.25, 0.3) is 5.91 Å². The summed E-state index contributed by atoms with van der Waals surface area (Å²) in [6, 6.07) is 3.66. The maximum Gasteiger partial charge on any atom is 0.260 e. The molecule has 0 aliphatic carbocycles. The third kappa shape index (κ3) is 5.51. The van der Waals surface area contributed by atoms with Crippen LogP contribution in [0.3, 0.4) is 0 Å². The van der Waals surface area contributed by atoms with Crippen LogP contribution >= 0.6 is 23.2 Å². The van der Waals surface area contributed by atoms with Gasteiger partial charge in [0, 0.05) is 43.5 Å². The molecular formula is C18H24Cl2N2O3. The Morgan fingerprint density at radius 1 is 1.04 bits per heavy atom. The number of rotatable bonds is 6. The molecule has 1 fully saturated rings. The molecule has 1 aromatic rings. The molecule has 1 aromatic carbocycles. The van der Waals surface area contributed by atoms with Gasteiger partial charge in [0.05, 0.1) is 0 Å². The van der Waals surface area contributed by atoms with Crippen LogP contribution in [0.5, 0.6) is 5.75 Å². The van der Waals surface area contributed by atoms with Crippen LogP contribution < -0.4 is 4.74 Å². The van der Waals surface area contributed by atoms with Crippen LogP contribution in [0, 0.1) is 13.8 Å². The minimum absolute atomic E-state index is 0.0132. The van der Waals surface area contributed by atoms with Gasteiger partial charge < -0.3 is 14.5 Å². The van der Waals surface area contributed by atoms with E-state index in [9.17, 15) is 9.59 Å². The van der Waals surface area contributed by atoms with Crippen LogP contribution in [0.25, 0.3) is 0 Å². The first-order chi connectivity index (χ1) is 11.9. The Morgan fingerprint density at radius 3 is 2.08 bits per heavy atom. The highest BCUT2D eigenvalue weighted by Crippen LogP contribution is 2.25. The number of hydrogen-bond acceptors (Lipinski definition) is 3. The number of alkyl halides is 1. The highest BCUT2D eigenvalue weighted by molar-refractivity contribution is 6.32. The van der Waals surface area contributed by atoms with E-state index in [-0.39, 0.29) is 18.4 Å². The van der Waals surface area contributed by atoms with Gasteiger partial charge in [-0.1, -0.05) is 11.6 Å². The molecule has 0 radical (unpaired) electrons. The van der Waals surface area contributed by atoms with E-state index in [2.05, 4.69) is 0 Å². The lowest BCUT2D eigenvalue weighted by Crippen LogP contribution is -2.51. The standard InChI is InChI=1S/C18H24Cl2N2O3/c1-13-10-15(11-14(2)18(13)20)25-12-17(24)22-8-6-21(7-9-22)16(23)4-3-5-19/h10-11H,3-9,12H2,1-2H3. The number of amides is 2. The predicted molar refractivity (Wildman–Crippen MR) is 99.5 cm³/mol. The molecular weight excluding hydrogens is 363 g/mol. The van der Waals surface area contributed by atoms with Crippen molar-refractivity contribution in [3.8, 4) is 5.75 Å². The fraction of sp³-hybridized carbons (Fsp3) is 0.556. The van der Waals surface area contributed by atoms with Crippen molar-refractivity contribution in [2.45, 2.75) is 26.7 Å². The van der Waals surface area contributed by atoms with E-state index in [0.717, 1.165) is 11.1 Å². The molecule has 25 heavy (non-hydrogen) atoms. The maximum atomic E-state index is 12.3. The first-order valence-electron chi connectivity index (χ1n) is 8.43. The van der Waals surface area contributed by atoms with Crippen molar-refractivity contribution in [3.63, 3.8) is 0 Å². The molecule has 0 unspecified atom stereocenters. The Hall–Kier alpha value is -1.46. The molecule has 5 nitrogen and oxygen atoms in total. The molecule has 0 saturated carbocycles. The van der Waals surface area contributed by atoms with Gasteiger partial charge in [-0.2, -0.15) is 0 Å². The summed E-state index contributed by atoms with van der Waals surface area (Å²) in [5.74, 6) is 1.17. The van der Waals surface area contributed by atoms with Crippen LogP contribution in [0.15, 0.2) is 12.1 Å². The van der Waals surface area contributed by atoms with Gasteiger partial charge in [0.2, 0.25) is 5.91 Å². The van der Waals surface area contributed by atoms with Crippen LogP contribution in [0.1, 0.15) is 24.0 Å². The van der Waals surface area contributed by atoms with Gasteiger partial charge in [0.1, 0.15) is 5.75 Å². The molecule has 0 spiro atoms. The summed E-state index contributed by atoms with van der Waals surface area (Å²) in [7, 11) is 0. The average molecular weight is 387 g/mol. The fourth-order valence-electron chi connectivity index (χ4n) is 2.81. The number of hydrogen-bond donors (Lipinski definition) is 0. The van der Waals surface area contributed by atoms with E-state index >= 15 is 0 Å². The molecule has 138 valence electrons. The minimum Gasteiger partial charge on any atom is -0.484 e. The number of carbonyl (C=O) groups excluding carboxylic acids is 2. The number of aryl methyl sites for hydroxylation is 2. The Morgan fingerprint density at radius 2 is 1.56 bits per heavy atom. The van der Waals surface area contributed by atoms with Gasteiger partial charge in [-0.15, -0.1) is 11.6 Å². The van der Waals surface area contributed by atoms with Gasteiger partial charge in [-0.05, 0) is 43.5 Å². The largest absolute Gasteiger partial charge is 0.484 e. The molecule has 0 bridgehead atoms. The molecule has 1 aliphatic heterocycles. The van der Waals surface area contributed by atoms with E-state index in [1.54, 1.807) is 9.80 Å². The van der Waals surface area contributed by atoms with E-state index in [1.165, 1.54) is 0 Å². The lowest BCUT2D eigenvalue weighted by molar-refractivity contribution is -0.140. The molecule has 1 aliphatic rings. The molecule has 1 saturated heterocycles. The number of benzene rings is 1. The summed E-state index contributed by atoms with van der Waals surface area (Å²) in [5, 5.41) is 0.716. The highest BCUT2D eigenvalue weighted by Gasteiger charge is 2.24. The second-order valence-corrected chi connectivity index (χ2v) is 6.97. The van der Waals surface area contributed by atoms with Crippen LogP contribution in [0.4, 0.5) is 0 Å². The summed E-state index contributed by atoms with van der Waals surface area (Å²) in [5.41, 5.74) is 1.85. The normalized spacial score (nSPS) is 14.6. The van der Waals surface area contributed by atoms with E-state index in [0.29, 0.717) is 55.7 Å². The summed E-state index contributed by atoms with van der Waals surface area (Å²) in [4.78, 5) is 27.8. The fourth-order valence-corrected chi connectivity index (χ4v) is 3.05. The van der Waals surface area contributed by atoms with Crippen molar-refractivity contribution < 1.29 is 14.3 Å². The van der Waals surface area contributed by atoms with Crippen molar-refractivity contribution in [3.05, 3.63) is 28.3 Å². The Kier molecular flexibility index (Phi) is 7.38. The van der Waals surface area contributed by atoms with Gasteiger partial charge >= 0.3 is 0 Å². The van der Waals surface area contributed by atoms with E-state index in [4.69, 9.17) is 27.9 Å². The third-order valence-electron chi connectivity index (χ3n) is 4.28. The van der Waals surface area contributed by atoms with E-state index in [1.807, 2.05) is 26.0 Å². The molecule has 0 atom stereocenters. The van der Waals surface area contributed by atoms with Crippen molar-refractivity contribution in [2.24, 2.45) is 0 Å². The molecule has 1 heterocycles. The molecule has 7 heteroatoms. The first-order valence-corrected chi connectivity index (χ1v) is 9.34. The zero-order valence-electron chi connectivity index (χ0n) is 14.7. The third-order valence-corrected chi connectivity index (χ3v) is 5.15. The van der Waals surface area contributed by atoms with Gasteiger partial charge in [0.15, 0.2) is 6.61 Å². The molecule has 0 aromatic heterocycles. The lowest BCUT2D eigenvalue weighted by atomic mass is 10.1. The summed E-state index contributed by atoms with van der Waals surface area (Å²) in [6.07, 6.45) is 1.16. The Bertz CT molecular complexity index is 606. The topological polar surface area (TPSA) is 49.9 Å². The van der Waals surface area contributed by atoms with Crippen molar-refractivity contribution in [1.82, 2.24) is 9.80 Å². The van der Waals surface area contributed by atoms with Crippen LogP contribution in [-0.4, -0.2) is 60.3 Å². The van der Waals surface area contributed by atoms with Crippen molar-refractivity contribution >= 4 is 35.0 Å². The van der Waals surface area contributed by atoms with Crippen molar-refractivity contribution in [2.75, 3.05) is 38.7 Å². The second kappa shape index (κ2) is 9.30. The number of carbonyl (C=O) groups is 2. The van der Waals surface area contributed by atoms with Crippen LogP contribution in [-0.2, 0) is 9.59 Å². The minimum atomic E-state index is -0.0712. The summed E-state index contributed by atoms with van der Waals surface area (Å²) < 4.78 is 5.62. The SMILES string of the molecule is Cc1cc(OCC(=O)N2CCN(C(=O)CCCCl)CC2)cc(C)c1Cl. The molecule has 2 rings (SSSR count). The smallest absolute Gasteiger partial charge is 0.260 e. The van der Waals surface area contributed by atoms with Crippen LogP contribution in [0.2, 0.25) is 5.02 Å². The number of piperazine rings is 1. The molecule has 0 N–H and O–H groups in total. The maximum absolute atomic E-state index is 12.3. The predicted octanol–water partition coefficient (Wildman–Crippen LogP) is 3.03. The first kappa shape index (κ1) is 19.9. The Balaban J connectivity index is 1.80. The highest BCUT2D eigenvalue weighted by atomic mass is 35.5. The lowest BCUT2D eigenvalue weighted by Gasteiger charge is -2.34. The average Bonchev–Trinajstić information content (AvgIpc) is 2.62. The second-order valence-electron chi connectivity index (χ2n) is 6.21. The van der Waals surface area contributed by atoms with Crippen molar-refractivity contribution in [1.29, 1.82) is 0 Å². The van der Waals surface area contributed by atoms with E-state index < -0.39 is 0 Å². The quantitative estimate of drug-likeness (QED) is 0.705. The number of ether oxygens (including phenoxy) is 1. The summed E-state index contributed by atoms with van der Waals surface area (Å²) in [6.45, 7) is 5.99. The summed E-state index contributed by atoms with van der Waals surface area (Å²) >= 11 is 11.8. The zero-order valence-corrected chi connectivity index (χ0v) is 16.2. The van der Waals surface area contributed by atoms with Gasteiger partial charge in [-0.25, -0.2) is 0 Å². The number of halogens is 2. The molecule has 2 amide bonds.